The molecule has 2 aliphatic rings. The largest absolute Gasteiger partial charge is 0.378 e. The number of hydrogen-bond acceptors (Lipinski definition) is 3. The number of halogens is 1. The van der Waals surface area contributed by atoms with Crippen LogP contribution in [0.4, 0.5) is 9.18 Å². The van der Waals surface area contributed by atoms with Gasteiger partial charge in [0.25, 0.3) is 5.91 Å². The van der Waals surface area contributed by atoms with Gasteiger partial charge < -0.3 is 10.0 Å². The van der Waals surface area contributed by atoms with Crippen molar-refractivity contribution >= 4 is 11.9 Å². The summed E-state index contributed by atoms with van der Waals surface area (Å²) >= 11 is 0. The van der Waals surface area contributed by atoms with Crippen molar-refractivity contribution in [3.63, 3.8) is 0 Å². The van der Waals surface area contributed by atoms with E-state index in [9.17, 15) is 14.7 Å². The fraction of sp³-hybridized carbons (Fsp3) is 0.333. The molecule has 2 aromatic rings. The Hall–Kier alpha value is -2.73. The van der Waals surface area contributed by atoms with Gasteiger partial charge in [0, 0.05) is 14.1 Å². The van der Waals surface area contributed by atoms with Crippen molar-refractivity contribution in [1.29, 1.82) is 0 Å². The third kappa shape index (κ3) is 2.40. The Morgan fingerprint density at radius 1 is 0.963 bits per heavy atom. The molecule has 0 saturated carbocycles. The summed E-state index contributed by atoms with van der Waals surface area (Å²) in [6, 6.07) is 12.6. The summed E-state index contributed by atoms with van der Waals surface area (Å²) in [6.45, 7) is 0. The van der Waals surface area contributed by atoms with Crippen LogP contribution in [0.2, 0.25) is 0 Å². The molecule has 0 aromatic heterocycles. The molecular weight excluding hydrogens is 347 g/mol. The number of carbonyl (C=O) groups excluding carboxylic acids is 2. The van der Waals surface area contributed by atoms with Crippen molar-refractivity contribution < 1.29 is 19.1 Å². The van der Waals surface area contributed by atoms with Crippen molar-refractivity contribution in [3.05, 3.63) is 70.8 Å². The van der Waals surface area contributed by atoms with Crippen LogP contribution in [-0.2, 0) is 23.2 Å². The minimum atomic E-state index is -2.04. The predicted octanol–water partition coefficient (Wildman–Crippen LogP) is 2.25. The molecular formula is C21H21FN2O3. The maximum Gasteiger partial charge on any atom is 0.326 e. The summed E-state index contributed by atoms with van der Waals surface area (Å²) in [7, 11) is 2.68. The quantitative estimate of drug-likeness (QED) is 0.840. The Labute approximate surface area is 157 Å². The lowest BCUT2D eigenvalue weighted by molar-refractivity contribution is -0.145. The second-order valence-electron chi connectivity index (χ2n) is 7.22. The lowest BCUT2D eigenvalue weighted by atomic mass is 9.75. The van der Waals surface area contributed by atoms with Crippen LogP contribution in [0.5, 0.6) is 0 Å². The molecule has 0 spiro atoms. The highest BCUT2D eigenvalue weighted by Gasteiger charge is 2.56. The molecule has 6 heteroatoms. The van der Waals surface area contributed by atoms with Crippen molar-refractivity contribution in [2.45, 2.75) is 30.7 Å². The number of fused-ring (bicyclic) bond motifs is 2. The minimum Gasteiger partial charge on any atom is -0.378 e. The molecule has 0 radical (unpaired) electrons. The number of aliphatic hydroxyl groups is 1. The zero-order valence-corrected chi connectivity index (χ0v) is 15.2. The zero-order chi connectivity index (χ0) is 19.3. The number of urea groups is 1. The molecule has 1 saturated heterocycles. The number of rotatable bonds is 1. The van der Waals surface area contributed by atoms with E-state index in [2.05, 4.69) is 0 Å². The van der Waals surface area contributed by atoms with Gasteiger partial charge >= 0.3 is 6.03 Å². The van der Waals surface area contributed by atoms with E-state index in [0.29, 0.717) is 24.0 Å². The molecule has 1 heterocycles. The van der Waals surface area contributed by atoms with Gasteiger partial charge in [-0.1, -0.05) is 48.5 Å². The number of nitrogens with zero attached hydrogens (tertiary/aromatic N) is 2. The molecule has 1 fully saturated rings. The van der Waals surface area contributed by atoms with Gasteiger partial charge in [-0.3, -0.25) is 9.69 Å². The third-order valence-corrected chi connectivity index (χ3v) is 5.80. The molecule has 1 N–H and O–H groups in total. The van der Waals surface area contributed by atoms with E-state index in [1.54, 1.807) is 24.3 Å². The van der Waals surface area contributed by atoms with E-state index in [-0.39, 0.29) is 0 Å². The Balaban J connectivity index is 2.00. The number of aryl methyl sites for hydroxylation is 2. The molecule has 1 aliphatic carbocycles. The Morgan fingerprint density at radius 2 is 1.44 bits per heavy atom. The van der Waals surface area contributed by atoms with Crippen LogP contribution < -0.4 is 0 Å². The molecule has 5 nitrogen and oxygen atoms in total. The van der Waals surface area contributed by atoms with Crippen LogP contribution >= 0.6 is 0 Å². The highest BCUT2D eigenvalue weighted by Crippen LogP contribution is 2.44. The van der Waals surface area contributed by atoms with E-state index >= 15 is 4.39 Å². The van der Waals surface area contributed by atoms with Gasteiger partial charge in [-0.15, -0.1) is 0 Å². The first kappa shape index (κ1) is 17.7. The van der Waals surface area contributed by atoms with Gasteiger partial charge in [-0.05, 0) is 35.1 Å². The van der Waals surface area contributed by atoms with Gasteiger partial charge in [0.1, 0.15) is 11.6 Å². The maximum absolute atomic E-state index is 15.3. The third-order valence-electron chi connectivity index (χ3n) is 5.80. The number of alkyl halides is 1. The number of amides is 3. The zero-order valence-electron chi connectivity index (χ0n) is 15.2. The van der Waals surface area contributed by atoms with Crippen LogP contribution in [0.15, 0.2) is 48.5 Å². The van der Waals surface area contributed by atoms with Crippen molar-refractivity contribution in [2.24, 2.45) is 0 Å². The van der Waals surface area contributed by atoms with Gasteiger partial charge in [0.05, 0.1) is 0 Å². The molecule has 1 aliphatic heterocycles. The standard InChI is InChI=1S/C21H21FN2O3/c1-23-18(17(22)19(25)24(2)20(23)26)21(27)15-9-5-3-7-13(15)11-12-14-8-4-6-10-16(14)21/h3-10,17-18,27H,11-12H2,1-2H3/t17-,18-/m1/s1. The van der Waals surface area contributed by atoms with Crippen LogP contribution in [0, 0.1) is 0 Å². The molecule has 0 bridgehead atoms. The van der Waals surface area contributed by atoms with Crippen LogP contribution in [-0.4, -0.2) is 53.2 Å². The summed E-state index contributed by atoms with van der Waals surface area (Å²) in [6.07, 6.45) is -0.670. The number of hydrogen-bond donors (Lipinski definition) is 1. The molecule has 3 amide bonds. The van der Waals surface area contributed by atoms with E-state index < -0.39 is 29.8 Å². The number of likely N-dealkylation sites (N-methyl/N-ethyl adjacent to an activating group) is 1. The molecule has 2 atom stereocenters. The highest BCUT2D eigenvalue weighted by molar-refractivity contribution is 5.99. The summed E-state index contributed by atoms with van der Waals surface area (Å²) in [5.74, 6) is -0.935. The molecule has 0 unspecified atom stereocenters. The molecule has 2 aromatic carbocycles. The van der Waals surface area contributed by atoms with Crippen LogP contribution in [0.3, 0.4) is 0 Å². The molecule has 4 rings (SSSR count). The van der Waals surface area contributed by atoms with Gasteiger partial charge in [0.15, 0.2) is 0 Å². The van der Waals surface area contributed by atoms with E-state index in [0.717, 1.165) is 20.9 Å². The van der Waals surface area contributed by atoms with Crippen molar-refractivity contribution in [3.8, 4) is 0 Å². The lowest BCUT2D eigenvalue weighted by Crippen LogP contribution is -2.67. The van der Waals surface area contributed by atoms with Gasteiger partial charge in [-0.25, -0.2) is 9.18 Å². The molecule has 140 valence electrons. The average Bonchev–Trinajstić information content (AvgIpc) is 2.81. The SMILES string of the molecule is CN1C(=O)[C@H](F)[C@H](C2(O)c3ccccc3CCc3ccccc32)N(C)C1=O. The van der Waals surface area contributed by atoms with Crippen molar-refractivity contribution in [1.82, 2.24) is 9.80 Å². The maximum atomic E-state index is 15.3. The van der Waals surface area contributed by atoms with Gasteiger partial charge in [0.2, 0.25) is 6.17 Å². The van der Waals surface area contributed by atoms with E-state index in [4.69, 9.17) is 0 Å². The fourth-order valence-electron chi connectivity index (χ4n) is 4.41. The Bertz CT molecular complexity index is 860. The minimum absolute atomic E-state index is 0.541. The number of imide groups is 1. The predicted molar refractivity (Wildman–Crippen MR) is 97.9 cm³/mol. The second-order valence-corrected chi connectivity index (χ2v) is 7.22. The Kier molecular flexibility index (Phi) is 4.03. The highest BCUT2D eigenvalue weighted by atomic mass is 19.1. The van der Waals surface area contributed by atoms with Crippen molar-refractivity contribution in [2.75, 3.05) is 14.1 Å². The van der Waals surface area contributed by atoms with E-state index in [1.807, 2.05) is 24.3 Å². The summed E-state index contributed by atoms with van der Waals surface area (Å²) in [4.78, 5) is 26.8. The first-order valence-corrected chi connectivity index (χ1v) is 8.95. The van der Waals surface area contributed by atoms with Gasteiger partial charge in [-0.2, -0.15) is 0 Å². The van der Waals surface area contributed by atoms with Crippen LogP contribution in [0.25, 0.3) is 0 Å². The average molecular weight is 368 g/mol. The van der Waals surface area contributed by atoms with E-state index in [1.165, 1.54) is 14.1 Å². The topological polar surface area (TPSA) is 60.9 Å². The fourth-order valence-corrected chi connectivity index (χ4v) is 4.41. The number of carbonyl (C=O) groups is 2. The first-order valence-electron chi connectivity index (χ1n) is 8.95. The normalized spacial score (nSPS) is 24.3. The Morgan fingerprint density at radius 3 is 1.96 bits per heavy atom. The van der Waals surface area contributed by atoms with Crippen LogP contribution in [0.1, 0.15) is 22.3 Å². The molecule has 27 heavy (non-hydrogen) atoms. The lowest BCUT2D eigenvalue weighted by Gasteiger charge is -2.47. The summed E-state index contributed by atoms with van der Waals surface area (Å²) in [5.41, 5.74) is 1.02. The number of benzene rings is 2. The summed E-state index contributed by atoms with van der Waals surface area (Å²) < 4.78 is 15.3. The smallest absolute Gasteiger partial charge is 0.326 e. The first-order chi connectivity index (χ1) is 12.9. The summed E-state index contributed by atoms with van der Waals surface area (Å²) in [5, 5.41) is 12.0. The second kappa shape index (κ2) is 6.16. The monoisotopic (exact) mass is 368 g/mol.